The predicted octanol–water partition coefficient (Wildman–Crippen LogP) is 1.64. The molecule has 0 aliphatic carbocycles. The minimum Gasteiger partial charge on any atom is -0.310 e. The van der Waals surface area contributed by atoms with E-state index in [2.05, 4.69) is 41.4 Å². The molecule has 0 saturated carbocycles. The van der Waals surface area contributed by atoms with E-state index in [1.54, 1.807) is 11.3 Å². The van der Waals surface area contributed by atoms with Gasteiger partial charge in [-0.05, 0) is 19.5 Å². The summed E-state index contributed by atoms with van der Waals surface area (Å²) in [5.74, 6) is 0.699. The molecule has 2 rings (SSSR count). The molecule has 0 spiro atoms. The molecule has 1 aliphatic heterocycles. The molecule has 19 heavy (non-hydrogen) atoms. The van der Waals surface area contributed by atoms with Crippen LogP contribution < -0.4 is 5.32 Å². The molecule has 108 valence electrons. The summed E-state index contributed by atoms with van der Waals surface area (Å²) in [7, 11) is 2.19. The van der Waals surface area contributed by atoms with Gasteiger partial charge in [-0.15, -0.1) is 11.3 Å². The first kappa shape index (κ1) is 14.9. The van der Waals surface area contributed by atoms with Crippen molar-refractivity contribution >= 4 is 11.3 Å². The van der Waals surface area contributed by atoms with Crippen LogP contribution in [-0.4, -0.2) is 54.6 Å². The highest BCUT2D eigenvalue weighted by molar-refractivity contribution is 7.09. The molecule has 0 atom stereocenters. The number of thiazole rings is 1. The third-order valence-corrected chi connectivity index (χ3v) is 4.31. The smallest absolute Gasteiger partial charge is 0.107 e. The highest BCUT2D eigenvalue weighted by atomic mass is 32.1. The lowest BCUT2D eigenvalue weighted by atomic mass is 10.2. The van der Waals surface area contributed by atoms with Crippen molar-refractivity contribution in [1.29, 1.82) is 0 Å². The zero-order valence-corrected chi connectivity index (χ0v) is 13.2. The zero-order chi connectivity index (χ0) is 13.7. The summed E-state index contributed by atoms with van der Waals surface area (Å²) in [6.07, 6.45) is 0. The summed E-state index contributed by atoms with van der Waals surface area (Å²) in [6, 6.07) is 0. The van der Waals surface area contributed by atoms with Gasteiger partial charge in [0.15, 0.2) is 0 Å². The summed E-state index contributed by atoms with van der Waals surface area (Å²) >= 11 is 1.78. The minimum atomic E-state index is 0.699. The van der Waals surface area contributed by atoms with Gasteiger partial charge in [-0.3, -0.25) is 4.90 Å². The lowest BCUT2D eigenvalue weighted by molar-refractivity contribution is 0.147. The van der Waals surface area contributed by atoms with Gasteiger partial charge in [0.05, 0.1) is 5.69 Å². The van der Waals surface area contributed by atoms with E-state index >= 15 is 0 Å². The van der Waals surface area contributed by atoms with E-state index in [1.807, 2.05) is 0 Å². The Hall–Kier alpha value is -0.490. The van der Waals surface area contributed by atoms with Gasteiger partial charge >= 0.3 is 0 Å². The molecule has 5 heteroatoms. The number of likely N-dealkylation sites (N-methyl/N-ethyl adjacent to an activating group) is 1. The molecule has 0 radical (unpaired) electrons. The molecule has 1 N–H and O–H groups in total. The Labute approximate surface area is 120 Å². The summed E-state index contributed by atoms with van der Waals surface area (Å²) < 4.78 is 0. The monoisotopic (exact) mass is 282 g/mol. The van der Waals surface area contributed by atoms with Crippen LogP contribution in [0.4, 0.5) is 0 Å². The average molecular weight is 282 g/mol. The second-order valence-corrected chi connectivity index (χ2v) is 6.78. The van der Waals surface area contributed by atoms with Gasteiger partial charge in [0.25, 0.3) is 0 Å². The Balaban J connectivity index is 1.74. The van der Waals surface area contributed by atoms with Gasteiger partial charge < -0.3 is 10.2 Å². The lowest BCUT2D eigenvalue weighted by Crippen LogP contribution is -2.43. The van der Waals surface area contributed by atoms with Crippen molar-refractivity contribution < 1.29 is 0 Å². The number of piperazine rings is 1. The molecule has 0 bridgehead atoms. The highest BCUT2D eigenvalue weighted by Crippen LogP contribution is 2.13. The highest BCUT2D eigenvalue weighted by Gasteiger charge is 2.15. The third kappa shape index (κ3) is 5.18. The summed E-state index contributed by atoms with van der Waals surface area (Å²) in [5, 5.41) is 6.88. The van der Waals surface area contributed by atoms with Crippen LogP contribution in [0.5, 0.6) is 0 Å². The van der Waals surface area contributed by atoms with E-state index in [0.717, 1.165) is 32.7 Å². The number of aromatic nitrogens is 1. The third-order valence-electron chi connectivity index (χ3n) is 3.41. The topological polar surface area (TPSA) is 31.4 Å². The van der Waals surface area contributed by atoms with Crippen molar-refractivity contribution in [1.82, 2.24) is 20.1 Å². The summed E-state index contributed by atoms with van der Waals surface area (Å²) in [5.41, 5.74) is 1.23. The normalized spacial score (nSPS) is 18.3. The van der Waals surface area contributed by atoms with E-state index in [1.165, 1.54) is 23.8 Å². The maximum absolute atomic E-state index is 4.72. The SMILES string of the molecule is CC(C)CNCc1nc(CN2CCN(C)CC2)cs1. The van der Waals surface area contributed by atoms with Crippen LogP contribution in [0.25, 0.3) is 0 Å². The first-order valence-electron chi connectivity index (χ1n) is 7.18. The summed E-state index contributed by atoms with van der Waals surface area (Å²) in [6.45, 7) is 12.1. The molecule has 1 aromatic rings. The molecule has 0 aromatic carbocycles. The molecule has 1 aromatic heterocycles. The molecule has 2 heterocycles. The number of rotatable bonds is 6. The van der Waals surface area contributed by atoms with Crippen LogP contribution in [0, 0.1) is 5.92 Å². The zero-order valence-electron chi connectivity index (χ0n) is 12.4. The molecule has 1 saturated heterocycles. The largest absolute Gasteiger partial charge is 0.310 e. The van der Waals surface area contributed by atoms with Crippen LogP contribution in [0.3, 0.4) is 0 Å². The summed E-state index contributed by atoms with van der Waals surface area (Å²) in [4.78, 5) is 9.61. The minimum absolute atomic E-state index is 0.699. The number of nitrogens with zero attached hydrogens (tertiary/aromatic N) is 3. The molecule has 0 amide bonds. The molecule has 4 nitrogen and oxygen atoms in total. The van der Waals surface area contributed by atoms with E-state index in [4.69, 9.17) is 4.98 Å². The number of hydrogen-bond acceptors (Lipinski definition) is 5. The quantitative estimate of drug-likeness (QED) is 0.859. The van der Waals surface area contributed by atoms with Crippen molar-refractivity contribution in [3.63, 3.8) is 0 Å². The number of nitrogens with one attached hydrogen (secondary N) is 1. The van der Waals surface area contributed by atoms with Gasteiger partial charge in [-0.1, -0.05) is 13.8 Å². The van der Waals surface area contributed by atoms with Crippen molar-refractivity contribution in [3.05, 3.63) is 16.1 Å². The van der Waals surface area contributed by atoms with E-state index in [9.17, 15) is 0 Å². The Bertz CT molecular complexity index is 369. The van der Waals surface area contributed by atoms with Crippen LogP contribution >= 0.6 is 11.3 Å². The Morgan fingerprint density at radius 2 is 2.05 bits per heavy atom. The predicted molar refractivity (Wildman–Crippen MR) is 81.4 cm³/mol. The second kappa shape index (κ2) is 7.33. The fourth-order valence-electron chi connectivity index (χ4n) is 2.21. The van der Waals surface area contributed by atoms with Crippen molar-refractivity contribution in [2.24, 2.45) is 5.92 Å². The van der Waals surface area contributed by atoms with Crippen molar-refractivity contribution in [3.8, 4) is 0 Å². The van der Waals surface area contributed by atoms with Gasteiger partial charge in [0, 0.05) is 44.6 Å². The maximum Gasteiger partial charge on any atom is 0.107 e. The molecular weight excluding hydrogens is 256 g/mol. The number of hydrogen-bond donors (Lipinski definition) is 1. The standard InChI is InChI=1S/C14H26N4S/c1-12(2)8-15-9-14-16-13(11-19-14)10-18-6-4-17(3)5-7-18/h11-12,15H,4-10H2,1-3H3. The lowest BCUT2D eigenvalue weighted by Gasteiger charge is -2.31. The first-order valence-corrected chi connectivity index (χ1v) is 8.06. The van der Waals surface area contributed by atoms with E-state index in [-0.39, 0.29) is 0 Å². The van der Waals surface area contributed by atoms with Crippen molar-refractivity contribution in [2.75, 3.05) is 39.8 Å². The fourth-order valence-corrected chi connectivity index (χ4v) is 2.96. The molecule has 1 aliphatic rings. The van der Waals surface area contributed by atoms with Crippen molar-refractivity contribution in [2.45, 2.75) is 26.9 Å². The van der Waals surface area contributed by atoms with Crippen LogP contribution in [0.1, 0.15) is 24.5 Å². The molecule has 0 unspecified atom stereocenters. The molecular formula is C14H26N4S. The average Bonchev–Trinajstić information content (AvgIpc) is 2.79. The van der Waals surface area contributed by atoms with Crippen LogP contribution in [-0.2, 0) is 13.1 Å². The van der Waals surface area contributed by atoms with E-state index in [0.29, 0.717) is 5.92 Å². The Morgan fingerprint density at radius 3 is 2.74 bits per heavy atom. The Kier molecular flexibility index (Phi) is 5.76. The van der Waals surface area contributed by atoms with Gasteiger partial charge in [0.2, 0.25) is 0 Å². The maximum atomic E-state index is 4.72. The van der Waals surface area contributed by atoms with Crippen LogP contribution in [0.15, 0.2) is 5.38 Å². The fraction of sp³-hybridized carbons (Fsp3) is 0.786. The van der Waals surface area contributed by atoms with Gasteiger partial charge in [-0.25, -0.2) is 4.98 Å². The first-order chi connectivity index (χ1) is 9.13. The van der Waals surface area contributed by atoms with Gasteiger partial charge in [-0.2, -0.15) is 0 Å². The Morgan fingerprint density at radius 1 is 1.32 bits per heavy atom. The molecule has 1 fully saturated rings. The second-order valence-electron chi connectivity index (χ2n) is 5.84. The van der Waals surface area contributed by atoms with Gasteiger partial charge in [0.1, 0.15) is 5.01 Å². The van der Waals surface area contributed by atoms with Crippen LogP contribution in [0.2, 0.25) is 0 Å². The van der Waals surface area contributed by atoms with E-state index < -0.39 is 0 Å².